The Morgan fingerprint density at radius 3 is 2.41 bits per heavy atom. The molecule has 202 valence electrons. The van der Waals surface area contributed by atoms with Crippen molar-refractivity contribution < 1.29 is 37.0 Å². The SMILES string of the molecule is COc1cc(/C=C2\C(=O)NC(=O)N(c3cc(C(F)(F)F)ccc3Cl)C2=O)cc(I)c1OCc1ccccc1Cl. The molecule has 3 aromatic rings. The van der Waals surface area contributed by atoms with Gasteiger partial charge in [0.1, 0.15) is 12.2 Å². The molecule has 1 fully saturated rings. The number of benzene rings is 3. The quantitative estimate of drug-likeness (QED) is 0.173. The number of hydrogen-bond donors (Lipinski definition) is 1. The lowest BCUT2D eigenvalue weighted by molar-refractivity contribution is -0.137. The molecule has 13 heteroatoms. The fraction of sp³-hybridized carbons (Fsp3) is 0.115. The molecule has 0 saturated carbocycles. The number of hydrogen-bond acceptors (Lipinski definition) is 5. The van der Waals surface area contributed by atoms with E-state index in [0.717, 1.165) is 11.6 Å². The third-order valence-corrected chi connectivity index (χ3v) is 7.00. The van der Waals surface area contributed by atoms with Crippen molar-refractivity contribution in [2.75, 3.05) is 12.0 Å². The molecule has 1 heterocycles. The molecule has 4 rings (SSSR count). The second-order valence-electron chi connectivity index (χ2n) is 8.04. The van der Waals surface area contributed by atoms with E-state index in [1.807, 2.05) is 34.0 Å². The molecule has 0 spiro atoms. The minimum absolute atomic E-state index is 0.141. The minimum Gasteiger partial charge on any atom is -0.493 e. The summed E-state index contributed by atoms with van der Waals surface area (Å²) in [6.45, 7) is 0.141. The number of carbonyl (C=O) groups is 3. The first-order valence-corrected chi connectivity index (χ1v) is 12.8. The molecule has 1 aliphatic heterocycles. The molecule has 1 aliphatic rings. The molecule has 0 unspecified atom stereocenters. The summed E-state index contributed by atoms with van der Waals surface area (Å²) in [4.78, 5) is 38.7. The maximum Gasteiger partial charge on any atom is 0.416 e. The van der Waals surface area contributed by atoms with E-state index in [2.05, 4.69) is 0 Å². The third-order valence-electron chi connectivity index (χ3n) is 5.51. The van der Waals surface area contributed by atoms with Crippen LogP contribution in [0.5, 0.6) is 11.5 Å². The number of amides is 4. The normalized spacial score (nSPS) is 15.0. The number of barbiturate groups is 1. The van der Waals surface area contributed by atoms with Gasteiger partial charge in [-0.15, -0.1) is 0 Å². The summed E-state index contributed by atoms with van der Waals surface area (Å²) in [5, 5.41) is 2.19. The maximum absolute atomic E-state index is 13.3. The van der Waals surface area contributed by atoms with Crippen LogP contribution in [0.4, 0.5) is 23.7 Å². The number of ether oxygens (including phenoxy) is 2. The van der Waals surface area contributed by atoms with E-state index in [9.17, 15) is 27.6 Å². The number of nitrogens with zero attached hydrogens (tertiary/aromatic N) is 1. The van der Waals surface area contributed by atoms with E-state index in [4.69, 9.17) is 32.7 Å². The number of methoxy groups -OCH3 is 1. The average Bonchev–Trinajstić information content (AvgIpc) is 2.86. The summed E-state index contributed by atoms with van der Waals surface area (Å²) in [6, 6.07) is 11.2. The van der Waals surface area contributed by atoms with Gasteiger partial charge in [-0.25, -0.2) is 9.69 Å². The largest absolute Gasteiger partial charge is 0.493 e. The lowest BCUT2D eigenvalue weighted by atomic mass is 10.1. The number of carbonyl (C=O) groups excluding carboxylic acids is 3. The highest BCUT2D eigenvalue weighted by atomic mass is 127. The van der Waals surface area contributed by atoms with Crippen molar-refractivity contribution >= 4 is 75.4 Å². The van der Waals surface area contributed by atoms with Crippen molar-refractivity contribution in [3.63, 3.8) is 0 Å². The molecular weight excluding hydrogens is 675 g/mol. The van der Waals surface area contributed by atoms with E-state index in [1.165, 1.54) is 19.3 Å². The summed E-state index contributed by atoms with van der Waals surface area (Å²) in [5.74, 6) is -1.53. The Labute approximate surface area is 243 Å². The van der Waals surface area contributed by atoms with Crippen molar-refractivity contribution in [2.24, 2.45) is 0 Å². The van der Waals surface area contributed by atoms with Crippen LogP contribution in [0.2, 0.25) is 10.0 Å². The Morgan fingerprint density at radius 2 is 1.74 bits per heavy atom. The minimum atomic E-state index is -4.76. The van der Waals surface area contributed by atoms with Gasteiger partial charge in [-0.1, -0.05) is 41.4 Å². The predicted octanol–water partition coefficient (Wildman–Crippen LogP) is 6.87. The van der Waals surface area contributed by atoms with Gasteiger partial charge >= 0.3 is 12.2 Å². The molecule has 7 nitrogen and oxygen atoms in total. The molecule has 39 heavy (non-hydrogen) atoms. The van der Waals surface area contributed by atoms with E-state index in [1.54, 1.807) is 24.3 Å². The maximum atomic E-state index is 13.3. The average molecular weight is 691 g/mol. The zero-order valence-electron chi connectivity index (χ0n) is 19.7. The van der Waals surface area contributed by atoms with Gasteiger partial charge in [-0.05, 0) is 70.6 Å². The fourth-order valence-electron chi connectivity index (χ4n) is 3.63. The molecule has 0 atom stereocenters. The second-order valence-corrected chi connectivity index (χ2v) is 10.0. The number of alkyl halides is 3. The first-order valence-electron chi connectivity index (χ1n) is 10.9. The molecular formula is C26H16Cl2F3IN2O5. The molecule has 4 amide bonds. The van der Waals surface area contributed by atoms with Crippen LogP contribution < -0.4 is 19.7 Å². The van der Waals surface area contributed by atoms with Crippen molar-refractivity contribution in [2.45, 2.75) is 12.8 Å². The summed E-state index contributed by atoms with van der Waals surface area (Å²) in [5.41, 5.74) is -1.10. The van der Waals surface area contributed by atoms with Crippen molar-refractivity contribution in [3.05, 3.63) is 90.5 Å². The van der Waals surface area contributed by atoms with E-state index in [-0.39, 0.29) is 17.4 Å². The van der Waals surface area contributed by atoms with Crippen molar-refractivity contribution in [1.29, 1.82) is 0 Å². The van der Waals surface area contributed by atoms with Gasteiger partial charge in [-0.3, -0.25) is 14.9 Å². The predicted molar refractivity (Wildman–Crippen MR) is 147 cm³/mol. The van der Waals surface area contributed by atoms with Gasteiger partial charge in [0.05, 0.1) is 27.0 Å². The van der Waals surface area contributed by atoms with Crippen LogP contribution in [0.3, 0.4) is 0 Å². The van der Waals surface area contributed by atoms with Gasteiger partial charge in [-0.2, -0.15) is 13.2 Å². The zero-order valence-corrected chi connectivity index (χ0v) is 23.4. The lowest BCUT2D eigenvalue weighted by Crippen LogP contribution is -2.54. The Balaban J connectivity index is 1.69. The number of rotatable bonds is 6. The van der Waals surface area contributed by atoms with Gasteiger partial charge in [0.15, 0.2) is 11.5 Å². The molecule has 1 saturated heterocycles. The highest BCUT2D eigenvalue weighted by Gasteiger charge is 2.39. The summed E-state index contributed by atoms with van der Waals surface area (Å²) in [6.07, 6.45) is -3.58. The van der Waals surface area contributed by atoms with E-state index < -0.39 is 40.8 Å². The first-order chi connectivity index (χ1) is 18.4. The highest BCUT2D eigenvalue weighted by Crippen LogP contribution is 2.38. The Hall–Kier alpha value is -3.29. The summed E-state index contributed by atoms with van der Waals surface area (Å²) >= 11 is 14.2. The monoisotopic (exact) mass is 690 g/mol. The van der Waals surface area contributed by atoms with Crippen molar-refractivity contribution in [1.82, 2.24) is 5.32 Å². The standard InChI is InChI=1S/C26H16Cl2F3IN2O5/c1-38-21-10-13(9-19(32)22(21)39-12-14-4-2-3-5-17(14)27)8-16-23(35)33-25(37)34(24(16)36)20-11-15(26(29,30)31)6-7-18(20)28/h2-11H,12H2,1H3,(H,33,35,37)/b16-8+. The zero-order chi connectivity index (χ0) is 28.5. The van der Waals surface area contributed by atoms with Crippen LogP contribution in [0.15, 0.2) is 60.2 Å². The lowest BCUT2D eigenvalue weighted by Gasteiger charge is -2.27. The number of halogens is 6. The molecule has 0 radical (unpaired) electrons. The number of imide groups is 2. The van der Waals surface area contributed by atoms with Crippen LogP contribution >= 0.6 is 45.8 Å². The molecule has 1 N–H and O–H groups in total. The Bertz CT molecular complexity index is 1530. The van der Waals surface area contributed by atoms with Crippen molar-refractivity contribution in [3.8, 4) is 11.5 Å². The summed E-state index contributed by atoms with van der Waals surface area (Å²) < 4.78 is 51.7. The molecule has 0 aromatic heterocycles. The Kier molecular flexibility index (Phi) is 8.42. The molecule has 0 aliphatic carbocycles. The first kappa shape index (κ1) is 28.7. The van der Waals surface area contributed by atoms with Crippen LogP contribution in [0.25, 0.3) is 6.08 Å². The van der Waals surface area contributed by atoms with Crippen LogP contribution in [0.1, 0.15) is 16.7 Å². The molecule has 0 bridgehead atoms. The van der Waals surface area contributed by atoms with Crippen LogP contribution in [0, 0.1) is 3.57 Å². The number of urea groups is 1. The number of anilines is 1. The second kappa shape index (κ2) is 11.4. The van der Waals surface area contributed by atoms with Gasteiger partial charge in [0, 0.05) is 10.6 Å². The fourth-order valence-corrected chi connectivity index (χ4v) is 4.81. The topological polar surface area (TPSA) is 84.9 Å². The third kappa shape index (κ3) is 6.15. The smallest absolute Gasteiger partial charge is 0.416 e. The Morgan fingerprint density at radius 1 is 1.03 bits per heavy atom. The summed E-state index contributed by atoms with van der Waals surface area (Å²) in [7, 11) is 1.40. The van der Waals surface area contributed by atoms with Gasteiger partial charge in [0.2, 0.25) is 0 Å². The number of nitrogens with one attached hydrogen (secondary N) is 1. The van der Waals surface area contributed by atoms with Gasteiger partial charge < -0.3 is 9.47 Å². The highest BCUT2D eigenvalue weighted by molar-refractivity contribution is 14.1. The van der Waals surface area contributed by atoms with E-state index in [0.29, 0.717) is 36.9 Å². The van der Waals surface area contributed by atoms with Crippen LogP contribution in [-0.4, -0.2) is 25.0 Å². The molecule has 3 aromatic carbocycles. The van der Waals surface area contributed by atoms with E-state index >= 15 is 0 Å². The van der Waals surface area contributed by atoms with Gasteiger partial charge in [0.25, 0.3) is 11.8 Å². The van der Waals surface area contributed by atoms with Crippen LogP contribution in [-0.2, 0) is 22.4 Å².